The summed E-state index contributed by atoms with van der Waals surface area (Å²) in [6.45, 7) is 1.51. The quantitative estimate of drug-likeness (QED) is 0.945. The van der Waals surface area contributed by atoms with Crippen molar-refractivity contribution in [3.63, 3.8) is 0 Å². The molecule has 0 aliphatic carbocycles. The van der Waals surface area contributed by atoms with Crippen LogP contribution in [0.5, 0.6) is 0 Å². The van der Waals surface area contributed by atoms with E-state index in [1.165, 1.54) is 19.2 Å². The summed E-state index contributed by atoms with van der Waals surface area (Å²) in [5.74, 6) is -0.755. The molecule has 5 nitrogen and oxygen atoms in total. The molecule has 0 radical (unpaired) electrons. The number of nitrogens with zero attached hydrogens (tertiary/aromatic N) is 2. The number of sulfonamides is 1. The van der Waals surface area contributed by atoms with E-state index in [4.69, 9.17) is 11.6 Å². The van der Waals surface area contributed by atoms with Gasteiger partial charge in [-0.15, -0.1) is 0 Å². The Kier molecular flexibility index (Phi) is 3.51. The van der Waals surface area contributed by atoms with Gasteiger partial charge in [-0.25, -0.2) is 17.8 Å². The summed E-state index contributed by atoms with van der Waals surface area (Å²) in [5.41, 5.74) is 0.0980. The number of hydrogen-bond donors (Lipinski definition) is 1. The van der Waals surface area contributed by atoms with Gasteiger partial charge in [0.25, 0.3) is 10.0 Å². The molecule has 0 aromatic carbocycles. The van der Waals surface area contributed by atoms with Crippen LogP contribution in [0.25, 0.3) is 0 Å². The highest BCUT2D eigenvalue weighted by molar-refractivity contribution is 7.94. The fourth-order valence-electron chi connectivity index (χ4n) is 1.25. The van der Waals surface area contributed by atoms with Crippen LogP contribution >= 0.6 is 22.9 Å². The van der Waals surface area contributed by atoms with Gasteiger partial charge in [0.05, 0.1) is 17.6 Å². The highest BCUT2D eigenvalue weighted by atomic mass is 35.5. The first-order chi connectivity index (χ1) is 8.40. The van der Waals surface area contributed by atoms with Crippen molar-refractivity contribution in [3.8, 4) is 0 Å². The van der Waals surface area contributed by atoms with Gasteiger partial charge >= 0.3 is 0 Å². The number of halogens is 2. The van der Waals surface area contributed by atoms with Gasteiger partial charge in [0.15, 0.2) is 14.5 Å². The Balaban J connectivity index is 2.40. The zero-order chi connectivity index (χ0) is 13.3. The lowest BCUT2D eigenvalue weighted by molar-refractivity contribution is 0.599. The van der Waals surface area contributed by atoms with E-state index >= 15 is 0 Å². The molecule has 9 heteroatoms. The van der Waals surface area contributed by atoms with Crippen LogP contribution < -0.4 is 4.72 Å². The Morgan fingerprint density at radius 2 is 2.22 bits per heavy atom. The predicted molar refractivity (Wildman–Crippen MR) is 66.9 cm³/mol. The maximum absolute atomic E-state index is 13.3. The number of anilines is 1. The molecule has 0 atom stereocenters. The molecule has 2 aromatic rings. The summed E-state index contributed by atoms with van der Waals surface area (Å²) in [7, 11) is -3.89. The Hall–Kier alpha value is -1.25. The van der Waals surface area contributed by atoms with E-state index in [9.17, 15) is 12.8 Å². The van der Waals surface area contributed by atoms with Gasteiger partial charge in [0.2, 0.25) is 0 Å². The number of aromatic nitrogens is 2. The van der Waals surface area contributed by atoms with Crippen LogP contribution in [0.1, 0.15) is 5.69 Å². The van der Waals surface area contributed by atoms with Crippen molar-refractivity contribution in [2.45, 2.75) is 11.1 Å². The first kappa shape index (κ1) is 13.2. The molecule has 0 amide bonds. The molecule has 0 bridgehead atoms. The molecule has 2 heterocycles. The van der Waals surface area contributed by atoms with Crippen LogP contribution in [0.4, 0.5) is 10.1 Å². The van der Waals surface area contributed by atoms with Crippen LogP contribution in [-0.4, -0.2) is 18.4 Å². The first-order valence-corrected chi connectivity index (χ1v) is 7.33. The lowest BCUT2D eigenvalue weighted by Gasteiger charge is -2.06. The average Bonchev–Trinajstić information content (AvgIpc) is 2.62. The summed E-state index contributed by atoms with van der Waals surface area (Å²) in [4.78, 5) is 7.33. The fourth-order valence-corrected chi connectivity index (χ4v) is 4.06. The summed E-state index contributed by atoms with van der Waals surface area (Å²) in [6.07, 6.45) is 2.21. The number of pyridine rings is 1. The minimum atomic E-state index is -3.89. The maximum Gasteiger partial charge on any atom is 0.273 e. The van der Waals surface area contributed by atoms with E-state index in [1.807, 2.05) is 0 Å². The lowest BCUT2D eigenvalue weighted by Crippen LogP contribution is -2.13. The lowest BCUT2D eigenvalue weighted by atomic mass is 10.4. The van der Waals surface area contributed by atoms with E-state index < -0.39 is 15.8 Å². The monoisotopic (exact) mass is 307 g/mol. The topological polar surface area (TPSA) is 72.0 Å². The van der Waals surface area contributed by atoms with Crippen molar-refractivity contribution in [1.29, 1.82) is 0 Å². The van der Waals surface area contributed by atoms with Crippen molar-refractivity contribution in [2.75, 3.05) is 4.72 Å². The van der Waals surface area contributed by atoms with Gasteiger partial charge in [-0.1, -0.05) is 22.9 Å². The van der Waals surface area contributed by atoms with Gasteiger partial charge in [-0.3, -0.25) is 9.71 Å². The second-order valence-corrected chi connectivity index (χ2v) is 6.76. The van der Waals surface area contributed by atoms with Crippen molar-refractivity contribution >= 4 is 38.6 Å². The molecule has 0 fully saturated rings. The predicted octanol–water partition coefficient (Wildman–Crippen LogP) is 2.44. The van der Waals surface area contributed by atoms with Gasteiger partial charge in [0, 0.05) is 6.20 Å². The number of aryl methyl sites for hydroxylation is 1. The summed E-state index contributed by atoms with van der Waals surface area (Å²) < 4.78 is 39.5. The summed E-state index contributed by atoms with van der Waals surface area (Å²) in [5, 5.41) is 0. The highest BCUT2D eigenvalue weighted by Crippen LogP contribution is 2.28. The standard InChI is InChI=1S/C9H7ClFN3O2S2/c1-5-8(17-9(10)13-5)18(15,16)14-7-2-3-12-4-6(7)11/h2-4H,1H3,(H,12,14). The molecule has 96 valence electrons. The van der Waals surface area contributed by atoms with Crippen LogP contribution in [0.3, 0.4) is 0 Å². The van der Waals surface area contributed by atoms with E-state index in [1.54, 1.807) is 0 Å². The van der Waals surface area contributed by atoms with E-state index in [0.717, 1.165) is 17.5 Å². The molecule has 0 saturated carbocycles. The van der Waals surface area contributed by atoms with E-state index in [0.29, 0.717) is 0 Å². The summed E-state index contributed by atoms with van der Waals surface area (Å²) in [6, 6.07) is 1.23. The van der Waals surface area contributed by atoms with Crippen LogP contribution in [0, 0.1) is 12.7 Å². The number of rotatable bonds is 3. The van der Waals surface area contributed by atoms with Gasteiger partial charge < -0.3 is 0 Å². The Bertz CT molecular complexity index is 687. The Morgan fingerprint density at radius 3 is 2.78 bits per heavy atom. The fraction of sp³-hybridized carbons (Fsp3) is 0.111. The van der Waals surface area contributed by atoms with Crippen molar-refractivity contribution in [2.24, 2.45) is 0 Å². The Morgan fingerprint density at radius 1 is 1.50 bits per heavy atom. The van der Waals surface area contributed by atoms with Gasteiger partial charge in [-0.2, -0.15) is 0 Å². The molecular weight excluding hydrogens is 301 g/mol. The van der Waals surface area contributed by atoms with Crippen LogP contribution in [0.2, 0.25) is 4.47 Å². The van der Waals surface area contributed by atoms with Crippen molar-refractivity contribution < 1.29 is 12.8 Å². The molecule has 18 heavy (non-hydrogen) atoms. The number of thiazole rings is 1. The molecule has 2 rings (SSSR count). The molecular formula is C9H7ClFN3O2S2. The van der Waals surface area contributed by atoms with Gasteiger partial charge in [-0.05, 0) is 13.0 Å². The number of nitrogens with one attached hydrogen (secondary N) is 1. The Labute approximate surface area is 112 Å². The SMILES string of the molecule is Cc1nc(Cl)sc1S(=O)(=O)Nc1ccncc1F. The molecule has 0 spiro atoms. The minimum absolute atomic E-state index is 0.0382. The van der Waals surface area contributed by atoms with Crippen LogP contribution in [0.15, 0.2) is 22.7 Å². The summed E-state index contributed by atoms with van der Waals surface area (Å²) >= 11 is 6.45. The van der Waals surface area contributed by atoms with Crippen molar-refractivity contribution in [1.82, 2.24) is 9.97 Å². The molecule has 1 N–H and O–H groups in total. The first-order valence-electron chi connectivity index (χ1n) is 4.65. The number of hydrogen-bond acceptors (Lipinski definition) is 5. The second-order valence-electron chi connectivity index (χ2n) is 3.30. The third-order valence-electron chi connectivity index (χ3n) is 1.99. The second kappa shape index (κ2) is 4.79. The van der Waals surface area contributed by atoms with E-state index in [2.05, 4.69) is 14.7 Å². The third kappa shape index (κ3) is 2.60. The van der Waals surface area contributed by atoms with Gasteiger partial charge in [0.1, 0.15) is 0 Å². The van der Waals surface area contributed by atoms with Crippen molar-refractivity contribution in [3.05, 3.63) is 34.4 Å². The normalized spacial score (nSPS) is 11.5. The molecule has 2 aromatic heterocycles. The minimum Gasteiger partial charge on any atom is -0.276 e. The highest BCUT2D eigenvalue weighted by Gasteiger charge is 2.22. The van der Waals surface area contributed by atoms with E-state index in [-0.39, 0.29) is 20.1 Å². The molecule has 0 unspecified atom stereocenters. The maximum atomic E-state index is 13.3. The molecule has 0 aliphatic heterocycles. The average molecular weight is 308 g/mol. The zero-order valence-corrected chi connectivity index (χ0v) is 11.4. The van der Waals surface area contributed by atoms with Crippen LogP contribution in [-0.2, 0) is 10.0 Å². The largest absolute Gasteiger partial charge is 0.276 e. The smallest absolute Gasteiger partial charge is 0.273 e. The third-order valence-corrected chi connectivity index (χ3v) is 5.23. The molecule has 0 saturated heterocycles. The molecule has 0 aliphatic rings. The zero-order valence-electron chi connectivity index (χ0n) is 9.02.